The lowest BCUT2D eigenvalue weighted by Crippen LogP contribution is -2.18. The van der Waals surface area contributed by atoms with E-state index in [0.717, 1.165) is 28.3 Å². The minimum atomic E-state index is -3.26. The number of hydrogen-bond donors (Lipinski definition) is 0. The van der Waals surface area contributed by atoms with Gasteiger partial charge in [-0.25, -0.2) is 4.98 Å². The quantitative estimate of drug-likeness (QED) is 0.260. The second kappa shape index (κ2) is 10.3. The van der Waals surface area contributed by atoms with Crippen molar-refractivity contribution in [3.63, 3.8) is 0 Å². The first-order valence-electron chi connectivity index (χ1n) is 12.2. The third kappa shape index (κ3) is 5.95. The van der Waals surface area contributed by atoms with E-state index in [0.29, 0.717) is 37.1 Å². The first-order valence-corrected chi connectivity index (χ1v) is 12.2. The number of aryl methyl sites for hydroxylation is 2. The van der Waals surface area contributed by atoms with Crippen LogP contribution in [-0.2, 0) is 20.1 Å². The van der Waals surface area contributed by atoms with Crippen molar-refractivity contribution < 1.29 is 18.0 Å². The van der Waals surface area contributed by atoms with Gasteiger partial charge in [0.05, 0.1) is 12.7 Å². The van der Waals surface area contributed by atoms with Crippen LogP contribution in [0.25, 0.3) is 23.0 Å². The number of aromatic nitrogens is 7. The Morgan fingerprint density at radius 1 is 1.08 bits per heavy atom. The summed E-state index contributed by atoms with van der Waals surface area (Å²) in [7, 11) is 3.93. The summed E-state index contributed by atoms with van der Waals surface area (Å²) in [6.45, 7) is 5.92. The summed E-state index contributed by atoms with van der Waals surface area (Å²) in [5, 5.41) is 12.9. The zero-order valence-electron chi connectivity index (χ0n) is 22.3. The monoisotopic (exact) mass is 534 g/mol. The van der Waals surface area contributed by atoms with E-state index in [1.165, 1.54) is 12.1 Å². The summed E-state index contributed by atoms with van der Waals surface area (Å²) >= 11 is 0. The highest BCUT2D eigenvalue weighted by Crippen LogP contribution is 2.26. The maximum atomic E-state index is 13.1. The summed E-state index contributed by atoms with van der Waals surface area (Å²) in [6.07, 6.45) is 0.465. The number of hydrogen-bond acceptors (Lipinski definition) is 8. The molecule has 0 aliphatic carbocycles. The summed E-state index contributed by atoms with van der Waals surface area (Å²) < 4.78 is 39.8. The van der Waals surface area contributed by atoms with E-state index in [9.17, 15) is 8.78 Å². The van der Waals surface area contributed by atoms with Gasteiger partial charge in [-0.15, -0.1) is 0 Å². The number of anilines is 1. The van der Waals surface area contributed by atoms with Gasteiger partial charge in [0.1, 0.15) is 11.6 Å². The lowest BCUT2D eigenvalue weighted by Gasteiger charge is -2.18. The molecule has 0 radical (unpaired) electrons. The van der Waals surface area contributed by atoms with Gasteiger partial charge in [-0.3, -0.25) is 9.36 Å². The minimum absolute atomic E-state index is 0.0436. The molecule has 0 N–H and O–H groups in total. The van der Waals surface area contributed by atoms with Gasteiger partial charge in [-0.05, 0) is 55.8 Å². The Morgan fingerprint density at radius 2 is 1.85 bits per heavy atom. The molecule has 12 heteroatoms. The van der Waals surface area contributed by atoms with Crippen molar-refractivity contribution in [1.29, 1.82) is 0 Å². The van der Waals surface area contributed by atoms with Crippen LogP contribution < -0.4 is 9.64 Å². The molecule has 1 aromatic carbocycles. The highest BCUT2D eigenvalue weighted by Gasteiger charge is 2.23. The number of benzene rings is 1. The smallest absolute Gasteiger partial charge is 0.394 e. The van der Waals surface area contributed by atoms with Crippen molar-refractivity contribution in [2.24, 2.45) is 7.05 Å². The Balaban J connectivity index is 1.25. The predicted octanol–water partition coefficient (Wildman–Crippen LogP) is 5.02. The van der Waals surface area contributed by atoms with Crippen LogP contribution >= 0.6 is 0 Å². The average Bonchev–Trinajstić information content (AvgIpc) is 3.60. The molecule has 39 heavy (non-hydrogen) atoms. The van der Waals surface area contributed by atoms with E-state index in [4.69, 9.17) is 4.52 Å². The number of alkyl halides is 2. The standard InChI is InChI=1S/C27H28F2N8O2/c1-17-12-23(26-32-25(34-39-26)20-7-9-22(10-8-20)38-27(3,28)29)33-37(17)15-19-6-11-24(30-13-19)35(4)16-21-14-31-36(5)18(21)2/h6-14H,15-16H2,1-5H3. The highest BCUT2D eigenvalue weighted by molar-refractivity contribution is 5.59. The fraction of sp³-hybridized carbons (Fsp3) is 0.296. The van der Waals surface area contributed by atoms with Gasteiger partial charge in [0, 0.05) is 56.3 Å². The van der Waals surface area contributed by atoms with Crippen LogP contribution in [0.4, 0.5) is 14.6 Å². The largest absolute Gasteiger partial charge is 0.433 e. The molecule has 4 heterocycles. The van der Waals surface area contributed by atoms with Gasteiger partial charge >= 0.3 is 6.11 Å². The van der Waals surface area contributed by atoms with Crippen LogP contribution in [0, 0.1) is 13.8 Å². The number of rotatable bonds is 9. The maximum Gasteiger partial charge on any atom is 0.394 e. The fourth-order valence-electron chi connectivity index (χ4n) is 4.04. The molecule has 202 valence electrons. The van der Waals surface area contributed by atoms with Gasteiger partial charge in [0.25, 0.3) is 5.89 Å². The van der Waals surface area contributed by atoms with Crippen LogP contribution in [0.1, 0.15) is 29.4 Å². The maximum absolute atomic E-state index is 13.1. The summed E-state index contributed by atoms with van der Waals surface area (Å²) in [5.74, 6) is 1.48. The Bertz CT molecular complexity index is 1570. The Kier molecular flexibility index (Phi) is 6.85. The molecule has 4 aromatic heterocycles. The number of halogens is 2. The first-order chi connectivity index (χ1) is 18.6. The molecule has 0 unspecified atom stereocenters. The lowest BCUT2D eigenvalue weighted by atomic mass is 10.2. The van der Waals surface area contributed by atoms with E-state index in [1.807, 2.05) is 67.9 Å². The molecule has 0 atom stereocenters. The number of pyridine rings is 1. The van der Waals surface area contributed by atoms with Crippen LogP contribution in [0.15, 0.2) is 59.4 Å². The second-order valence-electron chi connectivity index (χ2n) is 9.45. The number of nitrogens with zero attached hydrogens (tertiary/aromatic N) is 8. The average molecular weight is 535 g/mol. The van der Waals surface area contributed by atoms with Crippen LogP contribution in [0.5, 0.6) is 5.75 Å². The molecule has 10 nitrogen and oxygen atoms in total. The molecule has 0 fully saturated rings. The van der Waals surface area contributed by atoms with Gasteiger partial charge in [0.2, 0.25) is 5.82 Å². The van der Waals surface area contributed by atoms with Crippen LogP contribution in [0.3, 0.4) is 0 Å². The Morgan fingerprint density at radius 3 is 2.49 bits per heavy atom. The predicted molar refractivity (Wildman–Crippen MR) is 140 cm³/mol. The van der Waals surface area contributed by atoms with Gasteiger partial charge in [-0.2, -0.15) is 24.0 Å². The molecule has 0 aliphatic heterocycles. The molecule has 0 saturated carbocycles. The topological polar surface area (TPSA) is 99.9 Å². The SMILES string of the molecule is Cc1c(CN(C)c2ccc(Cn3nc(-c4nc(-c5ccc(OC(C)(F)F)cc5)no4)cc3C)cn2)cnn1C. The van der Waals surface area contributed by atoms with E-state index in [1.54, 1.807) is 12.1 Å². The fourth-order valence-corrected chi connectivity index (χ4v) is 4.04. The molecule has 5 aromatic rings. The van der Waals surface area contributed by atoms with Crippen molar-refractivity contribution in [2.45, 2.75) is 40.0 Å². The Hall–Kier alpha value is -4.61. The van der Waals surface area contributed by atoms with E-state index in [2.05, 4.69) is 35.0 Å². The highest BCUT2D eigenvalue weighted by atomic mass is 19.3. The second-order valence-corrected chi connectivity index (χ2v) is 9.45. The van der Waals surface area contributed by atoms with Crippen LogP contribution in [0.2, 0.25) is 0 Å². The van der Waals surface area contributed by atoms with Gasteiger partial charge < -0.3 is 14.2 Å². The summed E-state index contributed by atoms with van der Waals surface area (Å²) in [4.78, 5) is 11.1. The minimum Gasteiger partial charge on any atom is -0.433 e. The van der Waals surface area contributed by atoms with E-state index in [-0.39, 0.29) is 11.6 Å². The third-order valence-corrected chi connectivity index (χ3v) is 6.31. The third-order valence-electron chi connectivity index (χ3n) is 6.31. The zero-order valence-corrected chi connectivity index (χ0v) is 22.3. The molecule has 0 amide bonds. The van der Waals surface area contributed by atoms with Crippen LogP contribution in [-0.4, -0.2) is 47.8 Å². The van der Waals surface area contributed by atoms with Crippen molar-refractivity contribution >= 4 is 5.82 Å². The van der Waals surface area contributed by atoms with Gasteiger partial charge in [0.15, 0.2) is 5.69 Å². The molecule has 5 rings (SSSR count). The molecule has 0 aliphatic rings. The first kappa shape index (κ1) is 26.0. The molecule has 0 spiro atoms. The Labute approximate surface area is 223 Å². The summed E-state index contributed by atoms with van der Waals surface area (Å²) in [5.41, 5.74) is 5.33. The van der Waals surface area contributed by atoms with Crippen molar-refractivity contribution in [3.05, 3.63) is 77.4 Å². The molecule has 0 saturated heterocycles. The van der Waals surface area contributed by atoms with Crippen molar-refractivity contribution in [3.8, 4) is 28.7 Å². The lowest BCUT2D eigenvalue weighted by molar-refractivity contribution is -0.158. The molecule has 0 bridgehead atoms. The normalized spacial score (nSPS) is 11.7. The molecular weight excluding hydrogens is 506 g/mol. The number of ether oxygens (including phenoxy) is 1. The van der Waals surface area contributed by atoms with Gasteiger partial charge in [-0.1, -0.05) is 11.2 Å². The molecular formula is C27H28F2N8O2. The summed E-state index contributed by atoms with van der Waals surface area (Å²) in [6, 6.07) is 11.9. The van der Waals surface area contributed by atoms with Crippen molar-refractivity contribution in [1.82, 2.24) is 34.7 Å². The zero-order chi connectivity index (χ0) is 27.7. The van der Waals surface area contributed by atoms with Crippen molar-refractivity contribution in [2.75, 3.05) is 11.9 Å². The van der Waals surface area contributed by atoms with E-state index < -0.39 is 6.11 Å². The van der Waals surface area contributed by atoms with E-state index >= 15 is 0 Å².